The van der Waals surface area contributed by atoms with Crippen LogP contribution in [0.2, 0.25) is 0 Å². The summed E-state index contributed by atoms with van der Waals surface area (Å²) in [7, 11) is 0. The van der Waals surface area contributed by atoms with Crippen LogP contribution in [0, 0.1) is 0 Å². The summed E-state index contributed by atoms with van der Waals surface area (Å²) in [6, 6.07) is 10.1. The lowest BCUT2D eigenvalue weighted by Crippen LogP contribution is -2.29. The van der Waals surface area contributed by atoms with E-state index in [2.05, 4.69) is 12.1 Å². The third-order valence-electron chi connectivity index (χ3n) is 2.84. The number of hydrogen-bond acceptors (Lipinski definition) is 3. The second-order valence-corrected chi connectivity index (χ2v) is 5.36. The molecule has 0 spiro atoms. The minimum atomic E-state index is -0.319. The molecule has 1 heterocycles. The molecule has 92 valence electrons. The molecule has 0 saturated carbocycles. The van der Waals surface area contributed by atoms with Crippen molar-refractivity contribution in [1.29, 1.82) is 0 Å². The van der Waals surface area contributed by atoms with Crippen molar-refractivity contribution in [2.24, 2.45) is 0 Å². The monoisotopic (exact) mass is 251 g/mol. The zero-order valence-electron chi connectivity index (χ0n) is 9.71. The van der Waals surface area contributed by atoms with Gasteiger partial charge in [-0.05, 0) is 18.6 Å². The Hall–Kier alpha value is -1.00. The van der Waals surface area contributed by atoms with E-state index >= 15 is 0 Å². The normalized spacial score (nSPS) is 19.6. The van der Waals surface area contributed by atoms with Crippen molar-refractivity contribution < 1.29 is 9.90 Å². The van der Waals surface area contributed by atoms with Crippen molar-refractivity contribution >= 4 is 17.7 Å². The van der Waals surface area contributed by atoms with E-state index in [1.54, 1.807) is 16.7 Å². The highest BCUT2D eigenvalue weighted by Crippen LogP contribution is 2.19. The van der Waals surface area contributed by atoms with E-state index in [0.717, 1.165) is 12.2 Å². The molecule has 1 amide bonds. The summed E-state index contributed by atoms with van der Waals surface area (Å²) >= 11 is 1.70. The molecule has 1 aromatic carbocycles. The van der Waals surface area contributed by atoms with Gasteiger partial charge < -0.3 is 10.0 Å². The molecule has 1 N–H and O–H groups in total. The Morgan fingerprint density at radius 3 is 2.82 bits per heavy atom. The first-order valence-corrected chi connectivity index (χ1v) is 6.88. The zero-order chi connectivity index (χ0) is 12.1. The summed E-state index contributed by atoms with van der Waals surface area (Å²) in [5, 5.41) is 9.35. The predicted molar refractivity (Wildman–Crippen MR) is 69.0 cm³/mol. The van der Waals surface area contributed by atoms with E-state index in [4.69, 9.17) is 0 Å². The minimum absolute atomic E-state index is 0.157. The highest BCUT2D eigenvalue weighted by atomic mass is 32.2. The lowest BCUT2D eigenvalue weighted by molar-refractivity contribution is -0.130. The number of likely N-dealkylation sites (tertiary alicyclic amines) is 1. The first-order chi connectivity index (χ1) is 8.25. The number of rotatable bonds is 4. The Kier molecular flexibility index (Phi) is 4.45. The molecule has 1 aromatic rings. The number of carbonyl (C=O) groups excluding carboxylic acids is 1. The molecule has 4 heteroatoms. The number of thioether (sulfide) groups is 1. The summed E-state index contributed by atoms with van der Waals surface area (Å²) in [6.07, 6.45) is 0.949. The summed E-state index contributed by atoms with van der Waals surface area (Å²) in [4.78, 5) is 14.7. The van der Waals surface area contributed by atoms with Gasteiger partial charge in [-0.3, -0.25) is 4.79 Å². The molecule has 0 aliphatic carbocycles. The fraction of sp³-hybridized carbons (Fsp3) is 0.462. The summed E-state index contributed by atoms with van der Waals surface area (Å²) in [6.45, 7) is 1.21. The third kappa shape index (κ3) is 3.75. The van der Waals surface area contributed by atoms with Gasteiger partial charge in [-0.25, -0.2) is 0 Å². The molecule has 3 nitrogen and oxygen atoms in total. The minimum Gasteiger partial charge on any atom is -0.391 e. The maximum Gasteiger partial charge on any atom is 0.223 e. The molecule has 0 radical (unpaired) electrons. The van der Waals surface area contributed by atoms with Crippen LogP contribution in [0.4, 0.5) is 0 Å². The molecule has 0 unspecified atom stereocenters. The van der Waals surface area contributed by atoms with Gasteiger partial charge in [0.25, 0.3) is 0 Å². The molecule has 0 bridgehead atoms. The number of amides is 1. The van der Waals surface area contributed by atoms with E-state index in [1.165, 1.54) is 4.90 Å². The van der Waals surface area contributed by atoms with Crippen LogP contribution < -0.4 is 0 Å². The number of benzene rings is 1. The van der Waals surface area contributed by atoms with Gasteiger partial charge in [0.1, 0.15) is 0 Å². The quantitative estimate of drug-likeness (QED) is 0.829. The van der Waals surface area contributed by atoms with Crippen LogP contribution in [0.15, 0.2) is 35.2 Å². The fourth-order valence-corrected chi connectivity index (χ4v) is 2.76. The van der Waals surface area contributed by atoms with Crippen molar-refractivity contribution in [1.82, 2.24) is 4.90 Å². The lowest BCUT2D eigenvalue weighted by atomic mass is 10.3. The van der Waals surface area contributed by atoms with Gasteiger partial charge in [-0.15, -0.1) is 11.8 Å². The highest BCUT2D eigenvalue weighted by Gasteiger charge is 2.23. The largest absolute Gasteiger partial charge is 0.391 e. The molecule has 1 aliphatic heterocycles. The number of aliphatic hydroxyl groups excluding tert-OH is 1. The van der Waals surface area contributed by atoms with Gasteiger partial charge in [-0.2, -0.15) is 0 Å². The second kappa shape index (κ2) is 6.07. The molecular formula is C13H17NO2S. The van der Waals surface area contributed by atoms with Gasteiger partial charge in [0.15, 0.2) is 0 Å². The van der Waals surface area contributed by atoms with Crippen molar-refractivity contribution in [3.8, 4) is 0 Å². The van der Waals surface area contributed by atoms with Gasteiger partial charge in [-0.1, -0.05) is 18.2 Å². The molecule has 1 saturated heterocycles. The number of β-amino-alcohol motifs (C(OH)–C–C–N with tert-alkyl or cyclic N) is 1. The Morgan fingerprint density at radius 2 is 2.18 bits per heavy atom. The van der Waals surface area contributed by atoms with Crippen molar-refractivity contribution in [3.05, 3.63) is 30.3 Å². The predicted octanol–water partition coefficient (Wildman–Crippen LogP) is 1.76. The molecule has 17 heavy (non-hydrogen) atoms. The van der Waals surface area contributed by atoms with Crippen LogP contribution in [0.25, 0.3) is 0 Å². The van der Waals surface area contributed by atoms with Crippen LogP contribution in [0.5, 0.6) is 0 Å². The summed E-state index contributed by atoms with van der Waals surface area (Å²) in [5.74, 6) is 0.958. The van der Waals surface area contributed by atoms with Crippen LogP contribution in [-0.2, 0) is 4.79 Å². The topological polar surface area (TPSA) is 40.5 Å². The standard InChI is InChI=1S/C13H17NO2S/c15-11-6-8-14(10-11)13(16)7-9-17-12-4-2-1-3-5-12/h1-5,11,15H,6-10H2/t11-/m1/s1. The Balaban J connectivity index is 1.70. The van der Waals surface area contributed by atoms with Crippen LogP contribution >= 0.6 is 11.8 Å². The van der Waals surface area contributed by atoms with E-state index < -0.39 is 0 Å². The van der Waals surface area contributed by atoms with Crippen molar-refractivity contribution in [2.45, 2.75) is 23.8 Å². The van der Waals surface area contributed by atoms with Gasteiger partial charge in [0.05, 0.1) is 6.10 Å². The van der Waals surface area contributed by atoms with E-state index in [0.29, 0.717) is 19.5 Å². The molecular weight excluding hydrogens is 234 g/mol. The lowest BCUT2D eigenvalue weighted by Gasteiger charge is -2.15. The van der Waals surface area contributed by atoms with E-state index in [1.807, 2.05) is 18.2 Å². The van der Waals surface area contributed by atoms with Crippen molar-refractivity contribution in [3.63, 3.8) is 0 Å². The number of aliphatic hydroxyl groups is 1. The molecule has 0 aromatic heterocycles. The molecule has 1 aliphatic rings. The first kappa shape index (κ1) is 12.5. The Labute approximate surface area is 106 Å². The Bertz CT molecular complexity index is 369. The van der Waals surface area contributed by atoms with Crippen LogP contribution in [0.3, 0.4) is 0 Å². The zero-order valence-corrected chi connectivity index (χ0v) is 10.5. The molecule has 1 fully saturated rings. The smallest absolute Gasteiger partial charge is 0.223 e. The average molecular weight is 251 g/mol. The SMILES string of the molecule is O=C(CCSc1ccccc1)N1CC[C@@H](O)C1. The van der Waals surface area contributed by atoms with E-state index in [-0.39, 0.29) is 12.0 Å². The fourth-order valence-electron chi connectivity index (χ4n) is 1.90. The summed E-state index contributed by atoms with van der Waals surface area (Å²) < 4.78 is 0. The molecule has 1 atom stereocenters. The number of nitrogens with zero attached hydrogens (tertiary/aromatic N) is 1. The van der Waals surface area contributed by atoms with Crippen molar-refractivity contribution in [2.75, 3.05) is 18.8 Å². The highest BCUT2D eigenvalue weighted by molar-refractivity contribution is 7.99. The van der Waals surface area contributed by atoms with Crippen LogP contribution in [-0.4, -0.2) is 40.9 Å². The van der Waals surface area contributed by atoms with Crippen LogP contribution in [0.1, 0.15) is 12.8 Å². The van der Waals surface area contributed by atoms with Gasteiger partial charge >= 0.3 is 0 Å². The second-order valence-electron chi connectivity index (χ2n) is 4.19. The molecule has 2 rings (SSSR count). The van der Waals surface area contributed by atoms with Gasteiger partial charge in [0.2, 0.25) is 5.91 Å². The third-order valence-corrected chi connectivity index (χ3v) is 3.86. The maximum atomic E-state index is 11.8. The van der Waals surface area contributed by atoms with Gasteiger partial charge in [0, 0.05) is 30.2 Å². The number of carbonyl (C=O) groups is 1. The average Bonchev–Trinajstić information content (AvgIpc) is 2.77. The summed E-state index contributed by atoms with van der Waals surface area (Å²) in [5.41, 5.74) is 0. The maximum absolute atomic E-state index is 11.8. The van der Waals surface area contributed by atoms with E-state index in [9.17, 15) is 9.90 Å². The number of hydrogen-bond donors (Lipinski definition) is 1. The first-order valence-electron chi connectivity index (χ1n) is 5.89. The Morgan fingerprint density at radius 1 is 1.41 bits per heavy atom.